The van der Waals surface area contributed by atoms with Gasteiger partial charge in [-0.25, -0.2) is 0 Å². The Morgan fingerprint density at radius 2 is 1.24 bits per heavy atom. The fraction of sp³-hybridized carbons (Fsp3) is 0.185. The SMILES string of the molecule is COC1=CCC(C(c2ccccc2)(c2ccccc2)c2ccc(OC)cc2)C=C1. The van der Waals surface area contributed by atoms with Crippen molar-refractivity contribution in [3.05, 3.63) is 126 Å². The quantitative estimate of drug-likeness (QED) is 0.477. The second-order valence-corrected chi connectivity index (χ2v) is 7.28. The molecule has 0 aromatic heterocycles. The van der Waals surface area contributed by atoms with Crippen LogP contribution in [-0.4, -0.2) is 14.2 Å². The van der Waals surface area contributed by atoms with Gasteiger partial charge in [0.05, 0.1) is 19.6 Å². The standard InChI is InChI=1S/C27H26O2/c1-28-25-17-13-23(14-18-25)27(21-9-5-3-6-10-21,22-11-7-4-8-12-22)24-15-19-26(29-2)20-16-24/h3-15,17-20,24H,16H2,1-2H3. The second kappa shape index (κ2) is 8.40. The molecule has 146 valence electrons. The Balaban J connectivity index is 1.98. The molecule has 0 N–H and O–H groups in total. The van der Waals surface area contributed by atoms with E-state index in [0.29, 0.717) is 0 Å². The summed E-state index contributed by atoms with van der Waals surface area (Å²) in [6, 6.07) is 30.1. The zero-order chi connectivity index (χ0) is 20.1. The van der Waals surface area contributed by atoms with Crippen molar-refractivity contribution >= 4 is 0 Å². The molecule has 1 atom stereocenters. The zero-order valence-electron chi connectivity index (χ0n) is 16.9. The van der Waals surface area contributed by atoms with Crippen molar-refractivity contribution in [1.29, 1.82) is 0 Å². The molecule has 0 saturated heterocycles. The predicted octanol–water partition coefficient (Wildman–Crippen LogP) is 6.14. The van der Waals surface area contributed by atoms with E-state index in [1.54, 1.807) is 14.2 Å². The van der Waals surface area contributed by atoms with Crippen molar-refractivity contribution in [3.63, 3.8) is 0 Å². The van der Waals surface area contributed by atoms with Gasteiger partial charge in [-0.15, -0.1) is 0 Å². The van der Waals surface area contributed by atoms with Crippen molar-refractivity contribution in [1.82, 2.24) is 0 Å². The molecule has 0 spiro atoms. The first-order chi connectivity index (χ1) is 14.3. The summed E-state index contributed by atoms with van der Waals surface area (Å²) in [5.41, 5.74) is 3.49. The second-order valence-electron chi connectivity index (χ2n) is 7.28. The fourth-order valence-corrected chi connectivity index (χ4v) is 4.47. The third-order valence-corrected chi connectivity index (χ3v) is 5.86. The molecule has 3 aromatic rings. The number of hydrogen-bond acceptors (Lipinski definition) is 2. The van der Waals surface area contributed by atoms with E-state index in [4.69, 9.17) is 9.47 Å². The Labute approximate surface area is 173 Å². The van der Waals surface area contributed by atoms with Crippen molar-refractivity contribution in [2.75, 3.05) is 14.2 Å². The zero-order valence-corrected chi connectivity index (χ0v) is 16.9. The highest BCUT2D eigenvalue weighted by atomic mass is 16.5. The van der Waals surface area contributed by atoms with Gasteiger partial charge in [0, 0.05) is 0 Å². The van der Waals surface area contributed by atoms with Crippen LogP contribution in [0.5, 0.6) is 5.75 Å². The van der Waals surface area contributed by atoms with Crippen LogP contribution < -0.4 is 4.74 Å². The predicted molar refractivity (Wildman–Crippen MR) is 118 cm³/mol. The Morgan fingerprint density at radius 1 is 0.690 bits per heavy atom. The van der Waals surface area contributed by atoms with E-state index in [-0.39, 0.29) is 11.3 Å². The van der Waals surface area contributed by atoms with Crippen LogP contribution in [0.25, 0.3) is 0 Å². The van der Waals surface area contributed by atoms with E-state index >= 15 is 0 Å². The van der Waals surface area contributed by atoms with Crippen molar-refractivity contribution in [3.8, 4) is 5.75 Å². The summed E-state index contributed by atoms with van der Waals surface area (Å²) in [5, 5.41) is 0. The fourth-order valence-electron chi connectivity index (χ4n) is 4.47. The molecular weight excluding hydrogens is 356 g/mol. The van der Waals surface area contributed by atoms with Crippen LogP contribution in [0.2, 0.25) is 0 Å². The van der Waals surface area contributed by atoms with Crippen LogP contribution in [-0.2, 0) is 10.2 Å². The first kappa shape index (κ1) is 19.1. The Hall–Kier alpha value is -3.26. The van der Waals surface area contributed by atoms with E-state index in [1.165, 1.54) is 16.7 Å². The Bertz CT molecular complexity index is 946. The summed E-state index contributed by atoms with van der Waals surface area (Å²) in [6.45, 7) is 0. The molecule has 1 aliphatic carbocycles. The molecule has 0 saturated carbocycles. The van der Waals surface area contributed by atoms with Crippen molar-refractivity contribution < 1.29 is 9.47 Å². The molecule has 0 bridgehead atoms. The highest BCUT2D eigenvalue weighted by Gasteiger charge is 2.42. The van der Waals surface area contributed by atoms with E-state index in [2.05, 4.69) is 103 Å². The topological polar surface area (TPSA) is 18.5 Å². The smallest absolute Gasteiger partial charge is 0.118 e. The van der Waals surface area contributed by atoms with E-state index in [0.717, 1.165) is 17.9 Å². The summed E-state index contributed by atoms with van der Waals surface area (Å²) in [4.78, 5) is 0. The van der Waals surface area contributed by atoms with Gasteiger partial charge in [0.2, 0.25) is 0 Å². The minimum Gasteiger partial charge on any atom is -0.497 e. The normalized spacial score (nSPS) is 16.2. The molecule has 29 heavy (non-hydrogen) atoms. The van der Waals surface area contributed by atoms with Crippen molar-refractivity contribution in [2.45, 2.75) is 11.8 Å². The lowest BCUT2D eigenvalue weighted by Gasteiger charge is -2.42. The summed E-state index contributed by atoms with van der Waals surface area (Å²) in [7, 11) is 3.43. The van der Waals surface area contributed by atoms with E-state index in [9.17, 15) is 0 Å². The van der Waals surface area contributed by atoms with Gasteiger partial charge in [-0.1, -0.05) is 78.9 Å². The van der Waals surface area contributed by atoms with Gasteiger partial charge in [-0.05, 0) is 53.3 Å². The van der Waals surface area contributed by atoms with Crippen LogP contribution in [0, 0.1) is 5.92 Å². The Kier molecular flexibility index (Phi) is 5.53. The van der Waals surface area contributed by atoms with E-state index < -0.39 is 0 Å². The number of methoxy groups -OCH3 is 2. The number of allylic oxidation sites excluding steroid dienone is 3. The molecule has 2 nitrogen and oxygen atoms in total. The molecule has 4 rings (SSSR count). The summed E-state index contributed by atoms with van der Waals surface area (Å²) in [6.07, 6.45) is 7.48. The first-order valence-corrected chi connectivity index (χ1v) is 9.97. The molecule has 3 aromatic carbocycles. The number of ether oxygens (including phenoxy) is 2. The summed E-state index contributed by atoms with van der Waals surface area (Å²) >= 11 is 0. The van der Waals surface area contributed by atoms with Crippen molar-refractivity contribution in [2.24, 2.45) is 5.92 Å². The van der Waals surface area contributed by atoms with Gasteiger partial charge in [0.25, 0.3) is 0 Å². The molecule has 1 unspecified atom stereocenters. The molecule has 0 heterocycles. The summed E-state index contributed by atoms with van der Waals surface area (Å²) < 4.78 is 10.9. The third-order valence-electron chi connectivity index (χ3n) is 5.86. The molecule has 0 aliphatic heterocycles. The maximum atomic E-state index is 5.46. The largest absolute Gasteiger partial charge is 0.497 e. The average molecular weight is 383 g/mol. The maximum absolute atomic E-state index is 5.46. The maximum Gasteiger partial charge on any atom is 0.118 e. The van der Waals surface area contributed by atoms with Crippen LogP contribution in [0.3, 0.4) is 0 Å². The number of benzene rings is 3. The first-order valence-electron chi connectivity index (χ1n) is 9.97. The molecule has 2 heteroatoms. The van der Waals surface area contributed by atoms with E-state index in [1.807, 2.05) is 0 Å². The molecular formula is C27H26O2. The molecule has 1 aliphatic rings. The highest BCUT2D eigenvalue weighted by molar-refractivity contribution is 5.54. The average Bonchev–Trinajstić information content (AvgIpc) is 2.82. The number of rotatable bonds is 6. The molecule has 0 radical (unpaired) electrons. The third kappa shape index (κ3) is 3.47. The van der Waals surface area contributed by atoms with Crippen LogP contribution in [0.1, 0.15) is 23.1 Å². The van der Waals surface area contributed by atoms with Gasteiger partial charge in [-0.2, -0.15) is 0 Å². The van der Waals surface area contributed by atoms with Gasteiger partial charge >= 0.3 is 0 Å². The lowest BCUT2D eigenvalue weighted by molar-refractivity contribution is 0.298. The van der Waals surface area contributed by atoms with Gasteiger partial charge < -0.3 is 9.47 Å². The van der Waals surface area contributed by atoms with Gasteiger partial charge in [0.15, 0.2) is 0 Å². The Morgan fingerprint density at radius 3 is 1.69 bits per heavy atom. The van der Waals surface area contributed by atoms with Gasteiger partial charge in [0.1, 0.15) is 11.5 Å². The van der Waals surface area contributed by atoms with Gasteiger partial charge in [-0.3, -0.25) is 0 Å². The number of hydrogen-bond donors (Lipinski definition) is 0. The molecule has 0 fully saturated rings. The highest BCUT2D eigenvalue weighted by Crippen LogP contribution is 2.48. The van der Waals surface area contributed by atoms with Crippen LogP contribution >= 0.6 is 0 Å². The molecule has 0 amide bonds. The minimum absolute atomic E-state index is 0.250. The van der Waals surface area contributed by atoms with Crippen LogP contribution in [0.4, 0.5) is 0 Å². The summed E-state index contributed by atoms with van der Waals surface area (Å²) in [5.74, 6) is 2.04. The lowest BCUT2D eigenvalue weighted by atomic mass is 9.60. The minimum atomic E-state index is -0.318. The lowest BCUT2D eigenvalue weighted by Crippen LogP contribution is -2.37. The monoisotopic (exact) mass is 382 g/mol. The van der Waals surface area contributed by atoms with Crippen LogP contribution in [0.15, 0.2) is 109 Å².